The molecular formula is C17H16I2N4O5S. The van der Waals surface area contributed by atoms with Crippen molar-refractivity contribution in [3.63, 3.8) is 0 Å². The highest BCUT2D eigenvalue weighted by molar-refractivity contribution is 14.1. The predicted molar refractivity (Wildman–Crippen MR) is 129 cm³/mol. The van der Waals surface area contributed by atoms with Gasteiger partial charge in [-0.1, -0.05) is 56.9 Å². The van der Waals surface area contributed by atoms with Crippen LogP contribution in [0.1, 0.15) is 10.4 Å². The average Bonchev–Trinajstić information content (AvgIpc) is 2.67. The van der Waals surface area contributed by atoms with Crippen LogP contribution < -0.4 is 10.6 Å². The van der Waals surface area contributed by atoms with Gasteiger partial charge in [0.15, 0.2) is 0 Å². The summed E-state index contributed by atoms with van der Waals surface area (Å²) in [6.45, 7) is 1.82. The molecule has 0 radical (unpaired) electrons. The first-order valence-corrected chi connectivity index (χ1v) is 12.1. The fourth-order valence-electron chi connectivity index (χ4n) is 2.56. The Morgan fingerprint density at radius 2 is 1.55 bits per heavy atom. The Morgan fingerprint density at radius 1 is 1.00 bits per heavy atom. The second-order valence-corrected chi connectivity index (χ2v) is 8.95. The lowest BCUT2D eigenvalue weighted by molar-refractivity contribution is -0.396. The highest BCUT2D eigenvalue weighted by Crippen LogP contribution is 2.39. The van der Waals surface area contributed by atoms with Gasteiger partial charge in [0.05, 0.1) is 20.8 Å². The Kier molecular flexibility index (Phi) is 8.88. The van der Waals surface area contributed by atoms with Crippen LogP contribution in [-0.4, -0.2) is 37.7 Å². The molecule has 0 aliphatic carbocycles. The molecule has 0 bridgehead atoms. The first-order valence-electron chi connectivity index (χ1n) is 8.20. The molecule has 2 N–H and O–H groups in total. The summed E-state index contributed by atoms with van der Waals surface area (Å²) in [6, 6.07) is 9.38. The number of carbonyl (C=O) groups is 1. The maximum atomic E-state index is 11.6. The van der Waals surface area contributed by atoms with E-state index in [4.69, 9.17) is 5.73 Å². The SMILES string of the molecule is NC(=O)c1cc(Sc2ccc(N(CCI)CCI)cc2)c([N+](=O)[O-])cc1[N+](=O)[O-]. The van der Waals surface area contributed by atoms with Crippen molar-refractivity contribution >= 4 is 79.9 Å². The summed E-state index contributed by atoms with van der Waals surface area (Å²) in [7, 11) is 0. The zero-order valence-corrected chi connectivity index (χ0v) is 20.0. The van der Waals surface area contributed by atoms with E-state index in [2.05, 4.69) is 50.1 Å². The van der Waals surface area contributed by atoms with Gasteiger partial charge in [0, 0.05) is 32.5 Å². The van der Waals surface area contributed by atoms with Crippen molar-refractivity contribution in [2.24, 2.45) is 5.73 Å². The lowest BCUT2D eigenvalue weighted by atomic mass is 10.1. The number of halogens is 2. The van der Waals surface area contributed by atoms with E-state index in [-0.39, 0.29) is 10.5 Å². The Morgan fingerprint density at radius 3 is 2.00 bits per heavy atom. The normalized spacial score (nSPS) is 10.6. The molecule has 0 spiro atoms. The molecule has 0 saturated carbocycles. The van der Waals surface area contributed by atoms with Gasteiger partial charge >= 0.3 is 0 Å². The maximum absolute atomic E-state index is 11.6. The van der Waals surface area contributed by atoms with Gasteiger partial charge in [-0.05, 0) is 30.3 Å². The summed E-state index contributed by atoms with van der Waals surface area (Å²) in [5.41, 5.74) is 4.76. The second kappa shape index (κ2) is 10.9. The number of anilines is 1. The molecule has 2 aromatic carbocycles. The Balaban J connectivity index is 2.40. The van der Waals surface area contributed by atoms with Gasteiger partial charge in [0.2, 0.25) is 0 Å². The third-order valence-electron chi connectivity index (χ3n) is 3.87. The van der Waals surface area contributed by atoms with Crippen molar-refractivity contribution in [2.45, 2.75) is 9.79 Å². The summed E-state index contributed by atoms with van der Waals surface area (Å²) in [5.74, 6) is -1.02. The summed E-state index contributed by atoms with van der Waals surface area (Å²) < 4.78 is 1.96. The third-order valence-corrected chi connectivity index (χ3v) is 5.89. The van der Waals surface area contributed by atoms with E-state index in [0.717, 1.165) is 51.5 Å². The van der Waals surface area contributed by atoms with Gasteiger partial charge < -0.3 is 10.6 Å². The number of amides is 1. The molecule has 0 saturated heterocycles. The molecule has 0 aliphatic rings. The number of hydrogen-bond donors (Lipinski definition) is 1. The topological polar surface area (TPSA) is 133 Å². The molecule has 0 fully saturated rings. The van der Waals surface area contributed by atoms with Gasteiger partial charge in [-0.25, -0.2) is 0 Å². The summed E-state index contributed by atoms with van der Waals surface area (Å²) >= 11 is 5.68. The molecule has 29 heavy (non-hydrogen) atoms. The van der Waals surface area contributed by atoms with Crippen LogP contribution >= 0.6 is 56.9 Å². The fourth-order valence-corrected chi connectivity index (χ4v) is 4.66. The molecule has 0 heterocycles. The van der Waals surface area contributed by atoms with Crippen LogP contribution in [0, 0.1) is 20.2 Å². The molecule has 9 nitrogen and oxygen atoms in total. The summed E-state index contributed by atoms with van der Waals surface area (Å²) in [4.78, 5) is 35.6. The molecular weight excluding hydrogens is 626 g/mol. The van der Waals surface area contributed by atoms with Gasteiger partial charge in [-0.3, -0.25) is 25.0 Å². The monoisotopic (exact) mass is 642 g/mol. The van der Waals surface area contributed by atoms with Crippen molar-refractivity contribution in [2.75, 3.05) is 26.8 Å². The van der Waals surface area contributed by atoms with Crippen molar-refractivity contribution in [3.05, 3.63) is 62.2 Å². The first-order chi connectivity index (χ1) is 13.8. The van der Waals surface area contributed by atoms with Crippen LogP contribution in [0.5, 0.6) is 0 Å². The minimum Gasteiger partial charge on any atom is -0.370 e. The lowest BCUT2D eigenvalue weighted by Gasteiger charge is -2.23. The summed E-state index contributed by atoms with van der Waals surface area (Å²) in [6.07, 6.45) is 0. The third kappa shape index (κ3) is 6.15. The van der Waals surface area contributed by atoms with E-state index in [0.29, 0.717) is 4.90 Å². The molecule has 1 amide bonds. The Bertz CT molecular complexity index is 921. The smallest absolute Gasteiger partial charge is 0.290 e. The molecule has 0 aromatic heterocycles. The number of nitrogens with two attached hydrogens (primary N) is 1. The molecule has 2 aromatic rings. The van der Waals surface area contributed by atoms with Gasteiger partial charge in [0.25, 0.3) is 17.3 Å². The molecule has 0 atom stereocenters. The van der Waals surface area contributed by atoms with Gasteiger partial charge in [-0.15, -0.1) is 0 Å². The Hall–Kier alpha value is -1.68. The van der Waals surface area contributed by atoms with Crippen molar-refractivity contribution < 1.29 is 14.6 Å². The van der Waals surface area contributed by atoms with E-state index in [1.165, 1.54) is 0 Å². The maximum Gasteiger partial charge on any atom is 0.290 e. The number of rotatable bonds is 10. The van der Waals surface area contributed by atoms with E-state index >= 15 is 0 Å². The number of alkyl halides is 2. The van der Waals surface area contributed by atoms with E-state index in [1.54, 1.807) is 0 Å². The number of primary amides is 1. The zero-order valence-electron chi connectivity index (χ0n) is 14.9. The van der Waals surface area contributed by atoms with Crippen LogP contribution in [-0.2, 0) is 0 Å². The zero-order chi connectivity index (χ0) is 21.6. The lowest BCUT2D eigenvalue weighted by Crippen LogP contribution is -2.27. The van der Waals surface area contributed by atoms with Crippen LogP contribution in [0.15, 0.2) is 46.2 Å². The number of hydrogen-bond acceptors (Lipinski definition) is 7. The number of nitro benzene ring substituents is 2. The van der Waals surface area contributed by atoms with E-state index < -0.39 is 27.1 Å². The minimum atomic E-state index is -1.02. The number of benzene rings is 2. The van der Waals surface area contributed by atoms with E-state index in [1.807, 2.05) is 24.3 Å². The standard InChI is InChI=1S/C17H16I2N4O5S/c18-5-7-21(8-6-19)11-1-3-12(4-2-11)29-16-9-13(17(20)24)14(22(25)26)10-15(16)23(27)28/h1-4,9-10H,5-8H2,(H2,20,24). The van der Waals surface area contributed by atoms with Crippen molar-refractivity contribution in [1.29, 1.82) is 0 Å². The van der Waals surface area contributed by atoms with Crippen molar-refractivity contribution in [1.82, 2.24) is 0 Å². The van der Waals surface area contributed by atoms with Gasteiger partial charge in [0.1, 0.15) is 5.56 Å². The van der Waals surface area contributed by atoms with Crippen molar-refractivity contribution in [3.8, 4) is 0 Å². The summed E-state index contributed by atoms with van der Waals surface area (Å²) in [5, 5.41) is 22.5. The minimum absolute atomic E-state index is 0.110. The van der Waals surface area contributed by atoms with Crippen LogP contribution in [0.4, 0.5) is 17.1 Å². The Labute approximate surface area is 198 Å². The second-order valence-electron chi connectivity index (χ2n) is 5.68. The molecule has 12 heteroatoms. The number of nitro groups is 2. The highest BCUT2D eigenvalue weighted by Gasteiger charge is 2.27. The van der Waals surface area contributed by atoms with Crippen LogP contribution in [0.3, 0.4) is 0 Å². The number of nitrogens with zero attached hydrogens (tertiary/aromatic N) is 3. The van der Waals surface area contributed by atoms with Gasteiger partial charge in [-0.2, -0.15) is 0 Å². The molecule has 0 unspecified atom stereocenters. The first kappa shape index (κ1) is 23.6. The molecule has 154 valence electrons. The largest absolute Gasteiger partial charge is 0.370 e. The quantitative estimate of drug-likeness (QED) is 0.176. The molecule has 2 rings (SSSR count). The van der Waals surface area contributed by atoms with Crippen LogP contribution in [0.25, 0.3) is 0 Å². The predicted octanol–water partition coefficient (Wildman–Crippen LogP) is 4.43. The number of carbonyl (C=O) groups excluding carboxylic acids is 1. The fraction of sp³-hybridized carbons (Fsp3) is 0.235. The van der Waals surface area contributed by atoms with Crippen LogP contribution in [0.2, 0.25) is 0 Å². The average molecular weight is 642 g/mol. The highest BCUT2D eigenvalue weighted by atomic mass is 127. The van der Waals surface area contributed by atoms with E-state index in [9.17, 15) is 25.0 Å². The molecule has 0 aliphatic heterocycles.